The van der Waals surface area contributed by atoms with Crippen LogP contribution in [0.15, 0.2) is 24.3 Å². The van der Waals surface area contributed by atoms with E-state index in [1.54, 1.807) is 23.9 Å². The lowest BCUT2D eigenvalue weighted by molar-refractivity contribution is 0.0697. The average molecular weight is 212 g/mol. The molecule has 1 rings (SSSR count). The standard InChI is InChI=1S/C10H12O3S/c1-14-7-6-13-9-4-2-8(3-5-9)10(11)12/h2-5H,6-7H2,1H3,(H,11,12). The Morgan fingerprint density at radius 1 is 1.43 bits per heavy atom. The van der Waals surface area contributed by atoms with Crippen LogP contribution in [0.5, 0.6) is 5.75 Å². The number of ether oxygens (including phenoxy) is 1. The molecule has 0 aliphatic heterocycles. The Morgan fingerprint density at radius 2 is 2.07 bits per heavy atom. The zero-order chi connectivity index (χ0) is 10.4. The van der Waals surface area contributed by atoms with Crippen LogP contribution < -0.4 is 4.74 Å². The maximum Gasteiger partial charge on any atom is 0.335 e. The zero-order valence-corrected chi connectivity index (χ0v) is 8.71. The molecule has 4 heteroatoms. The van der Waals surface area contributed by atoms with Crippen molar-refractivity contribution in [1.29, 1.82) is 0 Å². The van der Waals surface area contributed by atoms with Crippen LogP contribution >= 0.6 is 11.8 Å². The number of aromatic carboxylic acids is 1. The quantitative estimate of drug-likeness (QED) is 0.759. The first-order valence-electron chi connectivity index (χ1n) is 4.19. The predicted molar refractivity (Wildman–Crippen MR) is 57.3 cm³/mol. The van der Waals surface area contributed by atoms with Gasteiger partial charge < -0.3 is 9.84 Å². The van der Waals surface area contributed by atoms with Crippen molar-refractivity contribution in [3.63, 3.8) is 0 Å². The fraction of sp³-hybridized carbons (Fsp3) is 0.300. The SMILES string of the molecule is CSCCOc1ccc(C(=O)O)cc1. The third-order valence-electron chi connectivity index (χ3n) is 1.66. The van der Waals surface area contributed by atoms with E-state index in [2.05, 4.69) is 0 Å². The lowest BCUT2D eigenvalue weighted by Gasteiger charge is -2.04. The highest BCUT2D eigenvalue weighted by molar-refractivity contribution is 7.98. The Kier molecular flexibility index (Phi) is 4.32. The molecule has 0 saturated carbocycles. The van der Waals surface area contributed by atoms with Gasteiger partial charge in [0, 0.05) is 5.75 Å². The second-order valence-corrected chi connectivity index (χ2v) is 3.66. The average Bonchev–Trinajstić information content (AvgIpc) is 2.19. The van der Waals surface area contributed by atoms with E-state index < -0.39 is 5.97 Å². The van der Waals surface area contributed by atoms with Gasteiger partial charge in [0.05, 0.1) is 12.2 Å². The molecule has 3 nitrogen and oxygen atoms in total. The summed E-state index contributed by atoms with van der Waals surface area (Å²) in [4.78, 5) is 10.5. The highest BCUT2D eigenvalue weighted by Gasteiger charge is 2.01. The topological polar surface area (TPSA) is 46.5 Å². The van der Waals surface area contributed by atoms with Crippen LogP contribution in [-0.2, 0) is 0 Å². The van der Waals surface area contributed by atoms with Crippen LogP contribution in [0.3, 0.4) is 0 Å². The molecule has 76 valence electrons. The van der Waals surface area contributed by atoms with Gasteiger partial charge in [-0.2, -0.15) is 11.8 Å². The molecule has 0 heterocycles. The van der Waals surface area contributed by atoms with E-state index >= 15 is 0 Å². The minimum Gasteiger partial charge on any atom is -0.493 e. The van der Waals surface area contributed by atoms with E-state index in [0.717, 1.165) is 5.75 Å². The van der Waals surface area contributed by atoms with Gasteiger partial charge in [0.15, 0.2) is 0 Å². The van der Waals surface area contributed by atoms with Crippen LogP contribution in [0.4, 0.5) is 0 Å². The second-order valence-electron chi connectivity index (χ2n) is 2.67. The van der Waals surface area contributed by atoms with Crippen molar-refractivity contribution >= 4 is 17.7 Å². The molecule has 0 amide bonds. The van der Waals surface area contributed by atoms with Crippen molar-refractivity contribution in [3.05, 3.63) is 29.8 Å². The highest BCUT2D eigenvalue weighted by Crippen LogP contribution is 2.12. The molecule has 0 fully saturated rings. The second kappa shape index (κ2) is 5.54. The summed E-state index contributed by atoms with van der Waals surface area (Å²) in [5.74, 6) is 0.727. The number of thioether (sulfide) groups is 1. The van der Waals surface area contributed by atoms with Crippen molar-refractivity contribution in [2.45, 2.75) is 0 Å². The van der Waals surface area contributed by atoms with E-state index in [1.165, 1.54) is 12.1 Å². The Bertz CT molecular complexity index is 295. The molecule has 0 unspecified atom stereocenters. The number of benzene rings is 1. The molecular formula is C10H12O3S. The van der Waals surface area contributed by atoms with Gasteiger partial charge in [-0.3, -0.25) is 0 Å². The fourth-order valence-electron chi connectivity index (χ4n) is 0.937. The lowest BCUT2D eigenvalue weighted by atomic mass is 10.2. The number of hydrogen-bond donors (Lipinski definition) is 1. The lowest BCUT2D eigenvalue weighted by Crippen LogP contribution is -2.00. The van der Waals surface area contributed by atoms with E-state index in [-0.39, 0.29) is 5.56 Å². The van der Waals surface area contributed by atoms with Crippen molar-refractivity contribution in [3.8, 4) is 5.75 Å². The van der Waals surface area contributed by atoms with Gasteiger partial charge in [-0.05, 0) is 30.5 Å². The third-order valence-corrected chi connectivity index (χ3v) is 2.23. The number of carbonyl (C=O) groups is 1. The largest absolute Gasteiger partial charge is 0.493 e. The molecule has 14 heavy (non-hydrogen) atoms. The summed E-state index contributed by atoms with van der Waals surface area (Å²) in [6.07, 6.45) is 2.01. The van der Waals surface area contributed by atoms with Gasteiger partial charge in [0.25, 0.3) is 0 Å². The maximum atomic E-state index is 10.5. The van der Waals surface area contributed by atoms with Crippen molar-refractivity contribution in [2.24, 2.45) is 0 Å². The Balaban J connectivity index is 2.51. The molecule has 0 aromatic heterocycles. The van der Waals surface area contributed by atoms with Crippen molar-refractivity contribution < 1.29 is 14.6 Å². The minimum atomic E-state index is -0.916. The van der Waals surface area contributed by atoms with Gasteiger partial charge >= 0.3 is 5.97 Å². The molecule has 0 aliphatic rings. The van der Waals surface area contributed by atoms with Gasteiger partial charge in [-0.15, -0.1) is 0 Å². The molecule has 1 N–H and O–H groups in total. The number of carboxylic acids is 1. The predicted octanol–water partition coefficient (Wildman–Crippen LogP) is 2.13. The summed E-state index contributed by atoms with van der Waals surface area (Å²) >= 11 is 1.71. The maximum absolute atomic E-state index is 10.5. The van der Waals surface area contributed by atoms with Crippen molar-refractivity contribution in [2.75, 3.05) is 18.6 Å². The van der Waals surface area contributed by atoms with Crippen molar-refractivity contribution in [1.82, 2.24) is 0 Å². The first-order valence-corrected chi connectivity index (χ1v) is 5.58. The number of hydrogen-bond acceptors (Lipinski definition) is 3. The Labute approximate surface area is 87.1 Å². The van der Waals surface area contributed by atoms with E-state index in [4.69, 9.17) is 9.84 Å². The Morgan fingerprint density at radius 3 is 2.57 bits per heavy atom. The summed E-state index contributed by atoms with van der Waals surface area (Å²) in [6.45, 7) is 0.646. The van der Waals surface area contributed by atoms with Gasteiger partial charge in [-0.25, -0.2) is 4.79 Å². The van der Waals surface area contributed by atoms with Gasteiger partial charge in [-0.1, -0.05) is 0 Å². The van der Waals surface area contributed by atoms with Gasteiger partial charge in [0.1, 0.15) is 5.75 Å². The summed E-state index contributed by atoms with van der Waals surface area (Å²) < 4.78 is 5.37. The summed E-state index contributed by atoms with van der Waals surface area (Å²) in [5.41, 5.74) is 0.280. The van der Waals surface area contributed by atoms with E-state index in [9.17, 15) is 4.79 Å². The molecular weight excluding hydrogens is 200 g/mol. The minimum absolute atomic E-state index is 0.280. The molecule has 0 spiro atoms. The van der Waals surface area contributed by atoms with Crippen LogP contribution in [-0.4, -0.2) is 29.7 Å². The number of carboxylic acid groups (broad SMARTS) is 1. The summed E-state index contributed by atoms with van der Waals surface area (Å²) in [7, 11) is 0. The first-order chi connectivity index (χ1) is 6.74. The van der Waals surface area contributed by atoms with E-state index in [0.29, 0.717) is 12.4 Å². The molecule has 1 aromatic carbocycles. The van der Waals surface area contributed by atoms with E-state index in [1.807, 2.05) is 6.26 Å². The third kappa shape index (κ3) is 3.30. The van der Waals surface area contributed by atoms with Crippen LogP contribution in [0, 0.1) is 0 Å². The van der Waals surface area contributed by atoms with Crippen LogP contribution in [0.25, 0.3) is 0 Å². The smallest absolute Gasteiger partial charge is 0.335 e. The number of rotatable bonds is 5. The molecule has 1 aromatic rings. The molecule has 0 bridgehead atoms. The molecule has 0 saturated heterocycles. The molecule has 0 radical (unpaired) electrons. The summed E-state index contributed by atoms with van der Waals surface area (Å²) in [6, 6.07) is 6.42. The Hall–Kier alpha value is -1.16. The van der Waals surface area contributed by atoms with Crippen LogP contribution in [0.1, 0.15) is 10.4 Å². The zero-order valence-electron chi connectivity index (χ0n) is 7.90. The van der Waals surface area contributed by atoms with Gasteiger partial charge in [0.2, 0.25) is 0 Å². The monoisotopic (exact) mass is 212 g/mol. The first kappa shape index (κ1) is 10.9. The summed E-state index contributed by atoms with van der Waals surface area (Å²) in [5, 5.41) is 8.65. The molecule has 0 aliphatic carbocycles. The fourth-order valence-corrected chi connectivity index (χ4v) is 1.19. The van der Waals surface area contributed by atoms with Crippen LogP contribution in [0.2, 0.25) is 0 Å². The normalized spacial score (nSPS) is 9.79. The highest BCUT2D eigenvalue weighted by atomic mass is 32.2. The molecule has 0 atom stereocenters.